The normalized spacial score (nSPS) is 15.7. The molecule has 0 saturated heterocycles. The zero-order valence-electron chi connectivity index (χ0n) is 11.0. The van der Waals surface area contributed by atoms with E-state index in [4.69, 9.17) is 11.6 Å². The summed E-state index contributed by atoms with van der Waals surface area (Å²) < 4.78 is 26.6. The third-order valence-corrected chi connectivity index (χ3v) is 5.55. The van der Waals surface area contributed by atoms with Crippen LogP contribution in [0.15, 0.2) is 41.4 Å². The molecule has 0 radical (unpaired) electrons. The van der Waals surface area contributed by atoms with E-state index in [2.05, 4.69) is 4.98 Å². The Morgan fingerprint density at radius 2 is 2.00 bits per heavy atom. The van der Waals surface area contributed by atoms with E-state index in [0.29, 0.717) is 13.0 Å². The highest BCUT2D eigenvalue weighted by Crippen LogP contribution is 2.27. The van der Waals surface area contributed by atoms with Crippen molar-refractivity contribution in [2.75, 3.05) is 6.54 Å². The van der Waals surface area contributed by atoms with Gasteiger partial charge in [0.15, 0.2) is 0 Å². The maximum absolute atomic E-state index is 12.6. The number of benzene rings is 1. The van der Waals surface area contributed by atoms with Crippen molar-refractivity contribution in [3.05, 3.63) is 52.8 Å². The zero-order valence-corrected chi connectivity index (χ0v) is 12.6. The van der Waals surface area contributed by atoms with Crippen LogP contribution < -0.4 is 0 Å². The Labute approximate surface area is 127 Å². The first-order valence-corrected chi connectivity index (χ1v) is 8.21. The van der Waals surface area contributed by atoms with Gasteiger partial charge in [0.1, 0.15) is 10.9 Å². The van der Waals surface area contributed by atoms with Gasteiger partial charge in [-0.05, 0) is 41.8 Å². The number of hydrogen-bond donors (Lipinski definition) is 1. The van der Waals surface area contributed by atoms with Crippen LogP contribution in [0.5, 0.6) is 5.75 Å². The molecule has 0 saturated carbocycles. The Hall–Kier alpha value is -1.63. The lowest BCUT2D eigenvalue weighted by Crippen LogP contribution is -2.35. The van der Waals surface area contributed by atoms with E-state index in [1.165, 1.54) is 22.6 Å². The summed E-state index contributed by atoms with van der Waals surface area (Å²) in [6.07, 6.45) is 1.99. The molecule has 2 aromatic rings. The summed E-state index contributed by atoms with van der Waals surface area (Å²) in [5.41, 5.74) is 1.89. The van der Waals surface area contributed by atoms with Crippen molar-refractivity contribution in [1.82, 2.24) is 9.29 Å². The number of pyridine rings is 1. The fourth-order valence-corrected chi connectivity index (χ4v) is 4.09. The number of halogens is 1. The molecule has 0 spiro atoms. The van der Waals surface area contributed by atoms with Gasteiger partial charge in [-0.2, -0.15) is 4.31 Å². The maximum atomic E-state index is 12.6. The van der Waals surface area contributed by atoms with Gasteiger partial charge < -0.3 is 5.11 Å². The second kappa shape index (κ2) is 5.29. The zero-order chi connectivity index (χ0) is 15.0. The fraction of sp³-hybridized carbons (Fsp3) is 0.214. The van der Waals surface area contributed by atoms with Crippen LogP contribution in [0.3, 0.4) is 0 Å². The molecule has 0 fully saturated rings. The molecule has 0 atom stereocenters. The first-order valence-electron chi connectivity index (χ1n) is 6.39. The number of fused-ring (bicyclic) bond motifs is 1. The molecule has 0 bridgehead atoms. The summed E-state index contributed by atoms with van der Waals surface area (Å²) in [7, 11) is -3.61. The van der Waals surface area contributed by atoms with Gasteiger partial charge in [-0.25, -0.2) is 13.4 Å². The van der Waals surface area contributed by atoms with Crippen LogP contribution in [0.25, 0.3) is 0 Å². The molecule has 1 aromatic carbocycles. The van der Waals surface area contributed by atoms with Crippen molar-refractivity contribution in [2.45, 2.75) is 17.9 Å². The number of rotatable bonds is 2. The molecule has 2 heterocycles. The number of aromatic hydroxyl groups is 1. The number of phenols is 1. The highest BCUT2D eigenvalue weighted by atomic mass is 35.5. The lowest BCUT2D eigenvalue weighted by molar-refractivity contribution is 0.389. The van der Waals surface area contributed by atoms with Crippen LogP contribution in [0.1, 0.15) is 11.1 Å². The molecule has 1 aliphatic rings. The van der Waals surface area contributed by atoms with Crippen molar-refractivity contribution >= 4 is 21.6 Å². The lowest BCUT2D eigenvalue weighted by atomic mass is 10.0. The first kappa shape index (κ1) is 14.3. The summed E-state index contributed by atoms with van der Waals surface area (Å²) in [5, 5.41) is 9.68. The number of hydrogen-bond acceptors (Lipinski definition) is 4. The summed E-state index contributed by atoms with van der Waals surface area (Å²) in [5.74, 6) is 0.139. The van der Waals surface area contributed by atoms with Gasteiger partial charge in [0, 0.05) is 19.3 Å². The minimum Gasteiger partial charge on any atom is -0.508 e. The maximum Gasteiger partial charge on any atom is 0.243 e. The summed E-state index contributed by atoms with van der Waals surface area (Å²) in [6.45, 7) is 0.645. The Morgan fingerprint density at radius 3 is 2.76 bits per heavy atom. The van der Waals surface area contributed by atoms with Gasteiger partial charge in [0.2, 0.25) is 10.0 Å². The van der Waals surface area contributed by atoms with Crippen molar-refractivity contribution in [3.8, 4) is 5.75 Å². The Kier molecular flexibility index (Phi) is 3.61. The number of aromatic nitrogens is 1. The van der Waals surface area contributed by atoms with Crippen LogP contribution in [0.2, 0.25) is 5.15 Å². The largest absolute Gasteiger partial charge is 0.508 e. The van der Waals surface area contributed by atoms with Crippen molar-refractivity contribution in [3.63, 3.8) is 0 Å². The van der Waals surface area contributed by atoms with Crippen LogP contribution in [-0.4, -0.2) is 29.4 Å². The second-order valence-corrected chi connectivity index (χ2v) is 7.18. The van der Waals surface area contributed by atoms with E-state index in [0.717, 1.165) is 11.1 Å². The molecule has 0 aliphatic carbocycles. The topological polar surface area (TPSA) is 70.5 Å². The minimum atomic E-state index is -3.61. The predicted octanol–water partition coefficient (Wildman–Crippen LogP) is 2.19. The fourth-order valence-electron chi connectivity index (χ4n) is 2.42. The molecule has 1 aromatic heterocycles. The average Bonchev–Trinajstić information content (AvgIpc) is 2.46. The van der Waals surface area contributed by atoms with E-state index < -0.39 is 10.0 Å². The van der Waals surface area contributed by atoms with Gasteiger partial charge in [-0.3, -0.25) is 0 Å². The van der Waals surface area contributed by atoms with Crippen molar-refractivity contribution in [2.24, 2.45) is 0 Å². The van der Waals surface area contributed by atoms with Crippen molar-refractivity contribution < 1.29 is 13.5 Å². The summed E-state index contributed by atoms with van der Waals surface area (Å²) in [6, 6.07) is 7.83. The molecule has 21 heavy (non-hydrogen) atoms. The van der Waals surface area contributed by atoms with Gasteiger partial charge in [-0.15, -0.1) is 0 Å². The molecule has 0 amide bonds. The predicted molar refractivity (Wildman–Crippen MR) is 78.7 cm³/mol. The van der Waals surface area contributed by atoms with Crippen molar-refractivity contribution in [1.29, 1.82) is 0 Å². The van der Waals surface area contributed by atoms with Crippen LogP contribution in [-0.2, 0) is 23.0 Å². The highest BCUT2D eigenvalue weighted by molar-refractivity contribution is 7.89. The quantitative estimate of drug-likeness (QED) is 0.860. The first-order chi connectivity index (χ1) is 9.96. The molecule has 7 heteroatoms. The van der Waals surface area contributed by atoms with E-state index in [1.807, 2.05) is 6.07 Å². The SMILES string of the molecule is O=S(=O)(c1ccnc(Cl)c1)N1CCc2ccc(O)cc2C1. The smallest absolute Gasteiger partial charge is 0.243 e. The Morgan fingerprint density at radius 1 is 1.19 bits per heavy atom. The Bertz CT molecular complexity index is 793. The van der Waals surface area contributed by atoms with E-state index in [-0.39, 0.29) is 22.3 Å². The number of nitrogens with zero attached hydrogens (tertiary/aromatic N) is 2. The average molecular weight is 325 g/mol. The third-order valence-electron chi connectivity index (χ3n) is 3.50. The summed E-state index contributed by atoms with van der Waals surface area (Å²) in [4.78, 5) is 3.93. The molecule has 1 aliphatic heterocycles. The van der Waals surface area contributed by atoms with E-state index >= 15 is 0 Å². The molecule has 3 rings (SSSR count). The molecule has 5 nitrogen and oxygen atoms in total. The lowest BCUT2D eigenvalue weighted by Gasteiger charge is -2.28. The van der Waals surface area contributed by atoms with Gasteiger partial charge >= 0.3 is 0 Å². The Balaban J connectivity index is 1.95. The van der Waals surface area contributed by atoms with Gasteiger partial charge in [0.05, 0.1) is 4.90 Å². The van der Waals surface area contributed by atoms with Gasteiger partial charge in [0.25, 0.3) is 0 Å². The third kappa shape index (κ3) is 2.74. The highest BCUT2D eigenvalue weighted by Gasteiger charge is 2.28. The number of phenolic OH excluding ortho intramolecular Hbond substituents is 1. The summed E-state index contributed by atoms with van der Waals surface area (Å²) >= 11 is 5.76. The van der Waals surface area contributed by atoms with Crippen LogP contribution in [0.4, 0.5) is 0 Å². The van der Waals surface area contributed by atoms with E-state index in [9.17, 15) is 13.5 Å². The molecular weight excluding hydrogens is 312 g/mol. The monoisotopic (exact) mass is 324 g/mol. The second-order valence-electron chi connectivity index (χ2n) is 4.86. The molecule has 1 N–H and O–H groups in total. The standard InChI is InChI=1S/C14H13ClN2O3S/c15-14-8-13(3-5-16-14)21(19,20)17-6-4-10-1-2-12(18)7-11(10)9-17/h1-3,5,7-8,18H,4,6,9H2. The number of sulfonamides is 1. The van der Waals surface area contributed by atoms with Crippen LogP contribution >= 0.6 is 11.6 Å². The minimum absolute atomic E-state index is 0.131. The molecule has 110 valence electrons. The van der Waals surface area contributed by atoms with Crippen LogP contribution in [0, 0.1) is 0 Å². The van der Waals surface area contributed by atoms with Gasteiger partial charge in [-0.1, -0.05) is 17.7 Å². The van der Waals surface area contributed by atoms with E-state index in [1.54, 1.807) is 12.1 Å². The molecular formula is C14H13ClN2O3S. The molecule has 0 unspecified atom stereocenters.